The van der Waals surface area contributed by atoms with E-state index in [2.05, 4.69) is 24.1 Å². The van der Waals surface area contributed by atoms with Gasteiger partial charge in [-0.1, -0.05) is 19.8 Å². The van der Waals surface area contributed by atoms with Crippen molar-refractivity contribution >= 4 is 0 Å². The van der Waals surface area contributed by atoms with Gasteiger partial charge in [-0.25, -0.2) is 0 Å². The van der Waals surface area contributed by atoms with Crippen molar-refractivity contribution in [2.24, 2.45) is 5.41 Å². The molecule has 0 aromatic heterocycles. The number of nitrogens with zero attached hydrogens (tertiary/aromatic N) is 1. The maximum absolute atomic E-state index is 9.53. The monoisotopic (exact) mass is 268 g/mol. The van der Waals surface area contributed by atoms with Gasteiger partial charge in [-0.05, 0) is 70.6 Å². The van der Waals surface area contributed by atoms with Gasteiger partial charge in [0.2, 0.25) is 0 Å². The Morgan fingerprint density at radius 1 is 1.16 bits per heavy atom. The Labute approximate surface area is 118 Å². The molecular weight excluding hydrogens is 236 g/mol. The van der Waals surface area contributed by atoms with Crippen molar-refractivity contribution in [3.8, 4) is 0 Å². The summed E-state index contributed by atoms with van der Waals surface area (Å²) in [7, 11) is 0. The molecule has 2 rings (SSSR count). The van der Waals surface area contributed by atoms with E-state index in [1.54, 1.807) is 0 Å². The van der Waals surface area contributed by atoms with E-state index >= 15 is 0 Å². The quantitative estimate of drug-likeness (QED) is 0.776. The lowest BCUT2D eigenvalue weighted by atomic mass is 9.77. The average Bonchev–Trinajstić information content (AvgIpc) is 2.87. The highest BCUT2D eigenvalue weighted by Gasteiger charge is 2.37. The van der Waals surface area contributed by atoms with Crippen molar-refractivity contribution in [3.05, 3.63) is 0 Å². The molecule has 0 aromatic carbocycles. The Hall–Kier alpha value is -0.120. The molecule has 1 spiro atoms. The van der Waals surface area contributed by atoms with Gasteiger partial charge in [-0.15, -0.1) is 0 Å². The second-order valence-electron chi connectivity index (χ2n) is 7.05. The van der Waals surface area contributed by atoms with E-state index < -0.39 is 0 Å². The highest BCUT2D eigenvalue weighted by atomic mass is 16.3. The van der Waals surface area contributed by atoms with Gasteiger partial charge in [0.05, 0.1) is 6.61 Å². The summed E-state index contributed by atoms with van der Waals surface area (Å²) in [6.45, 7) is 9.08. The van der Waals surface area contributed by atoms with Gasteiger partial charge in [-0.2, -0.15) is 0 Å². The molecule has 3 nitrogen and oxygen atoms in total. The first-order valence-electron chi connectivity index (χ1n) is 8.20. The van der Waals surface area contributed by atoms with Crippen molar-refractivity contribution in [2.75, 3.05) is 32.8 Å². The lowest BCUT2D eigenvalue weighted by Gasteiger charge is -2.40. The van der Waals surface area contributed by atoms with Gasteiger partial charge in [-0.3, -0.25) is 0 Å². The topological polar surface area (TPSA) is 35.5 Å². The van der Waals surface area contributed by atoms with Crippen LogP contribution in [0.1, 0.15) is 58.8 Å². The number of hydrogen-bond acceptors (Lipinski definition) is 3. The molecule has 2 fully saturated rings. The fourth-order valence-corrected chi connectivity index (χ4v) is 3.93. The van der Waals surface area contributed by atoms with E-state index in [1.807, 2.05) is 0 Å². The number of likely N-dealkylation sites (tertiary alicyclic amines) is 1. The number of likely N-dealkylation sites (N-methyl/N-ethyl adjacent to an activating group) is 1. The molecule has 1 saturated heterocycles. The lowest BCUT2D eigenvalue weighted by Crippen LogP contribution is -2.49. The van der Waals surface area contributed by atoms with Crippen molar-refractivity contribution in [2.45, 2.75) is 64.3 Å². The molecule has 0 aromatic rings. The number of aliphatic hydroxyl groups excluding tert-OH is 1. The summed E-state index contributed by atoms with van der Waals surface area (Å²) in [6, 6.07) is 0. The van der Waals surface area contributed by atoms with Crippen molar-refractivity contribution in [3.63, 3.8) is 0 Å². The summed E-state index contributed by atoms with van der Waals surface area (Å²) in [5, 5.41) is 13.0. The van der Waals surface area contributed by atoms with Gasteiger partial charge in [0.15, 0.2) is 0 Å². The van der Waals surface area contributed by atoms with E-state index in [-0.39, 0.29) is 12.1 Å². The van der Waals surface area contributed by atoms with E-state index in [4.69, 9.17) is 0 Å². The van der Waals surface area contributed by atoms with E-state index in [0.717, 1.165) is 24.9 Å². The summed E-state index contributed by atoms with van der Waals surface area (Å²) in [5.74, 6) is 0. The van der Waals surface area contributed by atoms with Crippen LogP contribution in [0.15, 0.2) is 0 Å². The van der Waals surface area contributed by atoms with Crippen LogP contribution in [0.5, 0.6) is 0 Å². The highest BCUT2D eigenvalue weighted by molar-refractivity contribution is 4.91. The molecule has 0 radical (unpaired) electrons. The second kappa shape index (κ2) is 6.55. The van der Waals surface area contributed by atoms with Gasteiger partial charge in [0.25, 0.3) is 0 Å². The summed E-state index contributed by atoms with van der Waals surface area (Å²) in [5.41, 5.74) is 0.621. The number of piperidine rings is 1. The first-order valence-corrected chi connectivity index (χ1v) is 8.20. The Balaban J connectivity index is 1.73. The molecule has 1 unspecified atom stereocenters. The fraction of sp³-hybridized carbons (Fsp3) is 1.00. The highest BCUT2D eigenvalue weighted by Crippen LogP contribution is 2.46. The minimum absolute atomic E-state index is 0.1000. The molecule has 2 N–H and O–H groups in total. The number of aliphatic hydroxyl groups is 1. The third-order valence-electron chi connectivity index (χ3n) is 5.51. The van der Waals surface area contributed by atoms with E-state index in [9.17, 15) is 5.11 Å². The zero-order valence-corrected chi connectivity index (χ0v) is 12.9. The standard InChI is InChI=1S/C16H32N2O/c1-3-17-15(2,14-19)8-11-18-12-9-16(10-13-18)6-4-5-7-16/h17,19H,3-14H2,1-2H3. The zero-order valence-electron chi connectivity index (χ0n) is 12.9. The van der Waals surface area contributed by atoms with Crippen LogP contribution < -0.4 is 5.32 Å². The SMILES string of the molecule is CCNC(C)(CO)CCN1CCC2(CCCC2)CC1. The molecule has 1 aliphatic heterocycles. The van der Waals surface area contributed by atoms with Crippen LogP contribution in [0.2, 0.25) is 0 Å². The van der Waals surface area contributed by atoms with Crippen molar-refractivity contribution in [1.82, 2.24) is 10.2 Å². The van der Waals surface area contributed by atoms with E-state index in [0.29, 0.717) is 0 Å². The molecule has 0 amide bonds. The van der Waals surface area contributed by atoms with Crippen molar-refractivity contribution in [1.29, 1.82) is 0 Å². The molecule has 3 heteroatoms. The minimum atomic E-state index is -0.1000. The van der Waals surface area contributed by atoms with Crippen LogP contribution in [0, 0.1) is 5.41 Å². The molecule has 1 atom stereocenters. The predicted molar refractivity (Wildman–Crippen MR) is 80.4 cm³/mol. The van der Waals surface area contributed by atoms with Crippen LogP contribution in [0.25, 0.3) is 0 Å². The second-order valence-corrected chi connectivity index (χ2v) is 7.05. The molecule has 1 aliphatic carbocycles. The Kier molecular flexibility index (Phi) is 5.27. The smallest absolute Gasteiger partial charge is 0.0611 e. The molecular formula is C16H32N2O. The van der Waals surface area contributed by atoms with Gasteiger partial charge in [0, 0.05) is 5.54 Å². The predicted octanol–water partition coefficient (Wildman–Crippen LogP) is 2.39. The summed E-state index contributed by atoms with van der Waals surface area (Å²) in [6.07, 6.45) is 9.74. The largest absolute Gasteiger partial charge is 0.394 e. The van der Waals surface area contributed by atoms with Crippen molar-refractivity contribution < 1.29 is 5.11 Å². The molecule has 0 bridgehead atoms. The molecule has 1 saturated carbocycles. The minimum Gasteiger partial charge on any atom is -0.394 e. The average molecular weight is 268 g/mol. The summed E-state index contributed by atoms with van der Waals surface area (Å²) in [4.78, 5) is 2.61. The number of nitrogens with one attached hydrogen (secondary N) is 1. The maximum atomic E-state index is 9.53. The molecule has 112 valence electrons. The summed E-state index contributed by atoms with van der Waals surface area (Å²) >= 11 is 0. The maximum Gasteiger partial charge on any atom is 0.0611 e. The fourth-order valence-electron chi connectivity index (χ4n) is 3.93. The van der Waals surface area contributed by atoms with Gasteiger partial charge in [0.1, 0.15) is 0 Å². The lowest BCUT2D eigenvalue weighted by molar-refractivity contribution is 0.0902. The summed E-state index contributed by atoms with van der Waals surface area (Å²) < 4.78 is 0. The van der Waals surface area contributed by atoms with Gasteiger partial charge < -0.3 is 15.3 Å². The Morgan fingerprint density at radius 2 is 1.79 bits per heavy atom. The zero-order chi connectivity index (χ0) is 13.8. The third-order valence-corrected chi connectivity index (χ3v) is 5.51. The van der Waals surface area contributed by atoms with Crippen LogP contribution in [0.3, 0.4) is 0 Å². The number of hydrogen-bond donors (Lipinski definition) is 2. The van der Waals surface area contributed by atoms with Crippen LogP contribution in [-0.4, -0.2) is 48.3 Å². The van der Waals surface area contributed by atoms with Crippen LogP contribution >= 0.6 is 0 Å². The normalized spacial score (nSPS) is 26.7. The molecule has 2 aliphatic rings. The van der Waals surface area contributed by atoms with E-state index in [1.165, 1.54) is 51.6 Å². The first kappa shape index (κ1) is 15.3. The molecule has 19 heavy (non-hydrogen) atoms. The third kappa shape index (κ3) is 3.93. The Bertz CT molecular complexity index is 266. The van der Waals surface area contributed by atoms with Crippen LogP contribution in [0.4, 0.5) is 0 Å². The van der Waals surface area contributed by atoms with Crippen LogP contribution in [-0.2, 0) is 0 Å². The molecule has 1 heterocycles. The number of rotatable bonds is 6. The van der Waals surface area contributed by atoms with Gasteiger partial charge >= 0.3 is 0 Å². The Morgan fingerprint density at radius 3 is 2.32 bits per heavy atom. The first-order chi connectivity index (χ1) is 9.11.